The van der Waals surface area contributed by atoms with Crippen LogP contribution < -0.4 is 4.90 Å². The van der Waals surface area contributed by atoms with Crippen molar-refractivity contribution in [3.63, 3.8) is 0 Å². The lowest BCUT2D eigenvalue weighted by Crippen LogP contribution is -2.48. The van der Waals surface area contributed by atoms with Gasteiger partial charge in [0.05, 0.1) is 12.1 Å². The number of aromatic nitrogens is 1. The molecule has 0 atom stereocenters. The van der Waals surface area contributed by atoms with Crippen LogP contribution >= 0.6 is 23.1 Å². The maximum absolute atomic E-state index is 15.8. The number of phenols is 1. The first-order chi connectivity index (χ1) is 17.4. The number of hydrogen-bond donors (Lipinski definition) is 1. The van der Waals surface area contributed by atoms with Crippen LogP contribution in [0.4, 0.5) is 9.39 Å². The number of halogens is 2. The van der Waals surface area contributed by atoms with Gasteiger partial charge in [0.25, 0.3) is 6.47 Å². The summed E-state index contributed by atoms with van der Waals surface area (Å²) >= 11 is 7.87. The van der Waals surface area contributed by atoms with Crippen molar-refractivity contribution >= 4 is 57.5 Å². The van der Waals surface area contributed by atoms with E-state index in [2.05, 4.69) is 20.6 Å². The smallest absolute Gasteiger partial charge is 0.292 e. The number of carbonyl (C=O) groups is 2. The monoisotopic (exact) mass is 529 g/mol. The van der Waals surface area contributed by atoms with E-state index in [0.717, 1.165) is 29.0 Å². The Kier molecular flexibility index (Phi) is 7.91. The van der Waals surface area contributed by atoms with Gasteiger partial charge in [0.15, 0.2) is 5.82 Å². The van der Waals surface area contributed by atoms with Crippen LogP contribution in [-0.2, 0) is 20.7 Å². The summed E-state index contributed by atoms with van der Waals surface area (Å²) < 4.78 is 24.1. The van der Waals surface area contributed by atoms with Crippen LogP contribution in [0, 0.1) is 5.82 Å². The van der Waals surface area contributed by atoms with Crippen LogP contribution in [0.25, 0.3) is 28.1 Å². The van der Waals surface area contributed by atoms with Crippen molar-refractivity contribution in [2.24, 2.45) is 0 Å². The van der Waals surface area contributed by atoms with Gasteiger partial charge < -0.3 is 19.6 Å². The van der Waals surface area contributed by atoms with Gasteiger partial charge >= 0.3 is 0 Å². The molecule has 3 aromatic rings. The topological polar surface area (TPSA) is 83.0 Å². The minimum Gasteiger partial charge on any atom is -0.508 e. The SMILES string of the molecule is C=CC(=O)N1CCN(c2snc3c(F)c(-c4cc(O)cc5c4C=CCC5)c(Cl)cc23)CC1.COC=O. The molecule has 7 nitrogen and oxygen atoms in total. The fourth-order valence-electron chi connectivity index (χ4n) is 4.48. The van der Waals surface area contributed by atoms with E-state index in [9.17, 15) is 9.90 Å². The second kappa shape index (κ2) is 11.1. The lowest BCUT2D eigenvalue weighted by molar-refractivity contribution is -0.126. The second-order valence-electron chi connectivity index (χ2n) is 8.29. The number of rotatable bonds is 4. The Bertz CT molecular complexity index is 1350. The third kappa shape index (κ3) is 4.94. The van der Waals surface area contributed by atoms with Gasteiger partial charge in [-0.25, -0.2) is 4.39 Å². The molecule has 0 bridgehead atoms. The molecule has 1 fully saturated rings. The maximum atomic E-state index is 15.8. The van der Waals surface area contributed by atoms with Gasteiger partial charge in [-0.3, -0.25) is 9.59 Å². The third-order valence-electron chi connectivity index (χ3n) is 6.18. The third-order valence-corrected chi connectivity index (χ3v) is 7.40. The maximum Gasteiger partial charge on any atom is 0.292 e. The number of piperazine rings is 1. The molecular weight excluding hydrogens is 505 g/mol. The summed E-state index contributed by atoms with van der Waals surface area (Å²) in [5.74, 6) is -0.473. The highest BCUT2D eigenvalue weighted by Crippen LogP contribution is 2.44. The summed E-state index contributed by atoms with van der Waals surface area (Å²) in [5.41, 5.74) is 2.96. The van der Waals surface area contributed by atoms with Crippen LogP contribution in [0.3, 0.4) is 0 Å². The first kappa shape index (κ1) is 25.7. The first-order valence-electron chi connectivity index (χ1n) is 11.3. The second-order valence-corrected chi connectivity index (χ2v) is 9.45. The zero-order valence-corrected chi connectivity index (χ0v) is 21.2. The molecular formula is C26H25ClFN3O4S. The number of nitrogens with zero attached hydrogens (tertiary/aromatic N) is 3. The van der Waals surface area contributed by atoms with E-state index in [1.54, 1.807) is 23.1 Å². The number of ether oxygens (including phenoxy) is 1. The number of fused-ring (bicyclic) bond motifs is 2. The molecule has 2 aromatic carbocycles. The number of allylic oxidation sites excluding steroid dienone is 1. The average Bonchev–Trinajstić information content (AvgIpc) is 3.32. The van der Waals surface area contributed by atoms with Crippen molar-refractivity contribution < 1.29 is 23.8 Å². The van der Waals surface area contributed by atoms with E-state index in [1.807, 2.05) is 12.2 Å². The normalized spacial score (nSPS) is 14.6. The number of benzene rings is 2. The minimum atomic E-state index is -0.484. The Morgan fingerprint density at radius 3 is 2.67 bits per heavy atom. The molecule has 1 aliphatic carbocycles. The van der Waals surface area contributed by atoms with E-state index in [1.165, 1.54) is 24.7 Å². The molecule has 0 saturated carbocycles. The van der Waals surface area contributed by atoms with Crippen molar-refractivity contribution in [1.29, 1.82) is 0 Å². The molecule has 0 radical (unpaired) electrons. The highest BCUT2D eigenvalue weighted by atomic mass is 35.5. The zero-order valence-electron chi connectivity index (χ0n) is 19.7. The lowest BCUT2D eigenvalue weighted by atomic mass is 9.89. The molecule has 1 aromatic heterocycles. The van der Waals surface area contributed by atoms with Crippen LogP contribution in [0.5, 0.6) is 5.75 Å². The van der Waals surface area contributed by atoms with Gasteiger partial charge in [0.2, 0.25) is 5.91 Å². The van der Waals surface area contributed by atoms with Crippen LogP contribution in [0.1, 0.15) is 17.5 Å². The van der Waals surface area contributed by atoms with Gasteiger partial charge in [-0.2, -0.15) is 4.37 Å². The molecule has 5 rings (SSSR count). The summed E-state index contributed by atoms with van der Waals surface area (Å²) in [4.78, 5) is 24.7. The Hall–Kier alpha value is -3.43. The zero-order chi connectivity index (χ0) is 25.8. The Morgan fingerprint density at radius 2 is 2.00 bits per heavy atom. The predicted octanol–water partition coefficient (Wildman–Crippen LogP) is 5.04. The van der Waals surface area contributed by atoms with E-state index >= 15 is 4.39 Å². The quantitative estimate of drug-likeness (QED) is 0.376. The average molecular weight is 530 g/mol. The van der Waals surface area contributed by atoms with Crippen LogP contribution in [0.15, 0.2) is 36.9 Å². The molecule has 2 heterocycles. The molecule has 10 heteroatoms. The van der Waals surface area contributed by atoms with Crippen LogP contribution in [0.2, 0.25) is 5.02 Å². The Labute approximate surface area is 217 Å². The highest BCUT2D eigenvalue weighted by molar-refractivity contribution is 7.11. The summed E-state index contributed by atoms with van der Waals surface area (Å²) in [6, 6.07) is 5.05. The Morgan fingerprint density at radius 1 is 1.28 bits per heavy atom. The molecule has 188 valence electrons. The van der Waals surface area contributed by atoms with Crippen LogP contribution in [-0.4, -0.2) is 60.0 Å². The number of anilines is 1. The fraction of sp³-hybridized carbons (Fsp3) is 0.269. The van der Waals surface area contributed by atoms with Gasteiger partial charge in [-0.15, -0.1) is 0 Å². The molecule has 0 unspecified atom stereocenters. The molecule has 2 aliphatic rings. The number of amides is 1. The molecule has 1 aliphatic heterocycles. The summed E-state index contributed by atoms with van der Waals surface area (Å²) in [6.07, 6.45) is 7.00. The Balaban J connectivity index is 0.000000709. The fourth-order valence-corrected chi connectivity index (χ4v) is 5.68. The number of carbonyl (C=O) groups excluding carboxylic acids is 2. The summed E-state index contributed by atoms with van der Waals surface area (Å²) in [7, 11) is 1.31. The van der Waals surface area contributed by atoms with E-state index in [4.69, 9.17) is 16.4 Å². The van der Waals surface area contributed by atoms with Gasteiger partial charge in [0.1, 0.15) is 16.3 Å². The van der Waals surface area contributed by atoms with Crippen molar-refractivity contribution in [2.75, 3.05) is 38.2 Å². The molecule has 1 saturated heterocycles. The standard InChI is InChI=1S/C24H21ClFN3O2S.C2H4O2/c1-2-20(31)28-7-9-29(10-8-28)24-18-13-19(25)21(22(26)23(18)27-32-24)17-12-15(30)11-14-5-3-4-6-16(14)17;1-4-2-3/h2,4,6,11-13,30H,1,3,5,7-10H2;2H,1H3. The minimum absolute atomic E-state index is 0.0824. The van der Waals surface area contributed by atoms with Crippen molar-refractivity contribution in [1.82, 2.24) is 9.27 Å². The molecule has 0 spiro atoms. The lowest BCUT2D eigenvalue weighted by Gasteiger charge is -2.34. The predicted molar refractivity (Wildman–Crippen MR) is 141 cm³/mol. The number of aromatic hydroxyl groups is 1. The molecule has 1 N–H and O–H groups in total. The van der Waals surface area contributed by atoms with E-state index < -0.39 is 5.82 Å². The first-order valence-corrected chi connectivity index (χ1v) is 12.5. The van der Waals surface area contributed by atoms with E-state index in [0.29, 0.717) is 43.6 Å². The summed E-state index contributed by atoms with van der Waals surface area (Å²) in [6.45, 7) is 6.31. The molecule has 1 amide bonds. The van der Waals surface area contributed by atoms with Crippen molar-refractivity contribution in [2.45, 2.75) is 12.8 Å². The van der Waals surface area contributed by atoms with Gasteiger partial charge in [-0.1, -0.05) is 30.3 Å². The number of hydrogen-bond acceptors (Lipinski definition) is 7. The van der Waals surface area contributed by atoms with Crippen molar-refractivity contribution in [3.8, 4) is 16.9 Å². The van der Waals surface area contributed by atoms with Gasteiger partial charge in [0, 0.05) is 37.1 Å². The number of methoxy groups -OCH3 is 1. The van der Waals surface area contributed by atoms with Gasteiger partial charge in [-0.05, 0) is 65.3 Å². The van der Waals surface area contributed by atoms with Crippen molar-refractivity contribution in [3.05, 3.63) is 58.9 Å². The van der Waals surface area contributed by atoms with E-state index in [-0.39, 0.29) is 27.8 Å². The summed E-state index contributed by atoms with van der Waals surface area (Å²) in [5, 5.41) is 12.0. The number of aryl methyl sites for hydroxylation is 1. The highest BCUT2D eigenvalue weighted by Gasteiger charge is 2.26. The largest absolute Gasteiger partial charge is 0.508 e. The number of phenolic OH excluding ortho intramolecular Hbond substituents is 1. The molecule has 36 heavy (non-hydrogen) atoms.